The number of benzene rings is 1. The molecule has 1 aromatic heterocycles. The zero-order valence-corrected chi connectivity index (χ0v) is 16.2. The maximum Gasteiger partial charge on any atom is 0.287 e. The quantitative estimate of drug-likeness (QED) is 0.291. The summed E-state index contributed by atoms with van der Waals surface area (Å²) in [7, 11) is 0. The lowest BCUT2D eigenvalue weighted by Gasteiger charge is -2.12. The molecule has 11 heteroatoms. The highest BCUT2D eigenvalue weighted by Gasteiger charge is 2.26. The van der Waals surface area contributed by atoms with Crippen LogP contribution in [0.25, 0.3) is 0 Å². The molecule has 0 saturated carbocycles. The van der Waals surface area contributed by atoms with Crippen LogP contribution in [0, 0.1) is 10.1 Å². The molecule has 0 unspecified atom stereocenters. The Morgan fingerprint density at radius 1 is 1.39 bits per heavy atom. The van der Waals surface area contributed by atoms with E-state index >= 15 is 0 Å². The van der Waals surface area contributed by atoms with E-state index in [9.17, 15) is 14.9 Å². The Kier molecular flexibility index (Phi) is 6.16. The van der Waals surface area contributed by atoms with Gasteiger partial charge in [-0.3, -0.25) is 14.9 Å². The van der Waals surface area contributed by atoms with Crippen molar-refractivity contribution in [3.63, 3.8) is 0 Å². The lowest BCUT2D eigenvalue weighted by Crippen LogP contribution is -2.22. The number of thiocarbonyl (C=S) groups is 1. The van der Waals surface area contributed by atoms with E-state index in [0.717, 1.165) is 6.20 Å². The molecule has 144 valence electrons. The number of rotatable bonds is 7. The second kappa shape index (κ2) is 8.76. The maximum atomic E-state index is 11.7. The molecule has 1 aliphatic heterocycles. The van der Waals surface area contributed by atoms with E-state index in [2.05, 4.69) is 10.1 Å². The molecular weight excluding hydrogens is 404 g/mol. The third kappa shape index (κ3) is 4.61. The molecule has 1 aliphatic rings. The summed E-state index contributed by atoms with van der Waals surface area (Å²) in [5.41, 5.74) is 0.552. The molecule has 1 fully saturated rings. The summed E-state index contributed by atoms with van der Waals surface area (Å²) in [6.45, 7) is 2.23. The Hall–Kier alpha value is -3.05. The molecule has 0 spiro atoms. The van der Waals surface area contributed by atoms with Crippen LogP contribution < -0.4 is 9.47 Å². The summed E-state index contributed by atoms with van der Waals surface area (Å²) in [5.74, 6) is 1.15. The number of aromatic nitrogens is 1. The molecule has 0 atom stereocenters. The van der Waals surface area contributed by atoms with Gasteiger partial charge in [-0.05, 0) is 30.7 Å². The lowest BCUT2D eigenvalue weighted by atomic mass is 10.2. The fraction of sp³-hybridized carbons (Fsp3) is 0.176. The van der Waals surface area contributed by atoms with Gasteiger partial charge in [-0.15, -0.1) is 0 Å². The number of hydrogen-bond donors (Lipinski definition) is 0. The van der Waals surface area contributed by atoms with Crippen LogP contribution in [0.1, 0.15) is 12.5 Å². The van der Waals surface area contributed by atoms with Crippen molar-refractivity contribution in [2.24, 2.45) is 5.10 Å². The number of nitrogens with zero attached hydrogens (tertiary/aromatic N) is 4. The van der Waals surface area contributed by atoms with Crippen LogP contribution in [0.5, 0.6) is 17.4 Å². The molecule has 0 radical (unpaired) electrons. The van der Waals surface area contributed by atoms with E-state index in [-0.39, 0.29) is 23.2 Å². The first-order valence-electron chi connectivity index (χ1n) is 8.06. The topological polar surface area (TPSA) is 107 Å². The van der Waals surface area contributed by atoms with Crippen LogP contribution >= 0.6 is 24.0 Å². The van der Waals surface area contributed by atoms with Crippen LogP contribution in [0.2, 0.25) is 0 Å². The van der Waals surface area contributed by atoms with Crippen molar-refractivity contribution in [1.82, 2.24) is 9.99 Å². The van der Waals surface area contributed by atoms with E-state index in [1.165, 1.54) is 35.1 Å². The van der Waals surface area contributed by atoms with Crippen molar-refractivity contribution in [1.29, 1.82) is 0 Å². The Labute approximate surface area is 169 Å². The van der Waals surface area contributed by atoms with E-state index in [1.54, 1.807) is 18.2 Å². The van der Waals surface area contributed by atoms with Crippen LogP contribution in [-0.2, 0) is 4.79 Å². The van der Waals surface area contributed by atoms with Gasteiger partial charge in [-0.1, -0.05) is 24.0 Å². The summed E-state index contributed by atoms with van der Waals surface area (Å²) < 4.78 is 11.7. The summed E-state index contributed by atoms with van der Waals surface area (Å²) in [5, 5.41) is 16.0. The molecule has 3 rings (SSSR count). The minimum absolute atomic E-state index is 0.128. The summed E-state index contributed by atoms with van der Waals surface area (Å²) in [6.07, 6.45) is 2.62. The van der Waals surface area contributed by atoms with Gasteiger partial charge >= 0.3 is 0 Å². The van der Waals surface area contributed by atoms with E-state index in [0.29, 0.717) is 28.0 Å². The average Bonchev–Trinajstić information content (AvgIpc) is 3.00. The number of amides is 1. The van der Waals surface area contributed by atoms with Crippen LogP contribution in [0.3, 0.4) is 0 Å². The highest BCUT2D eigenvalue weighted by atomic mass is 32.2. The zero-order valence-electron chi connectivity index (χ0n) is 14.6. The smallest absolute Gasteiger partial charge is 0.287 e. The predicted octanol–water partition coefficient (Wildman–Crippen LogP) is 3.38. The Morgan fingerprint density at radius 3 is 2.82 bits per heavy atom. The first-order chi connectivity index (χ1) is 13.5. The van der Waals surface area contributed by atoms with Crippen LogP contribution in [0.15, 0.2) is 41.6 Å². The minimum atomic E-state index is -0.536. The van der Waals surface area contributed by atoms with Crippen molar-refractivity contribution >= 4 is 46.1 Å². The summed E-state index contributed by atoms with van der Waals surface area (Å²) >= 11 is 6.35. The maximum absolute atomic E-state index is 11.7. The van der Waals surface area contributed by atoms with Gasteiger partial charge in [0, 0.05) is 12.1 Å². The molecule has 2 aromatic rings. The van der Waals surface area contributed by atoms with Gasteiger partial charge in [0.25, 0.3) is 11.6 Å². The number of ether oxygens (including phenoxy) is 2. The fourth-order valence-electron chi connectivity index (χ4n) is 2.19. The monoisotopic (exact) mass is 418 g/mol. The molecule has 2 heterocycles. The Bertz CT molecular complexity index is 933. The highest BCUT2D eigenvalue weighted by molar-refractivity contribution is 8.23. The Morgan fingerprint density at radius 2 is 2.21 bits per heavy atom. The number of nitro groups is 1. The number of hydrogen-bond acceptors (Lipinski definition) is 9. The molecule has 1 saturated heterocycles. The Balaban J connectivity index is 1.79. The molecule has 0 N–H and O–H groups in total. The van der Waals surface area contributed by atoms with Crippen molar-refractivity contribution in [2.45, 2.75) is 6.92 Å². The van der Waals surface area contributed by atoms with Gasteiger partial charge < -0.3 is 9.47 Å². The van der Waals surface area contributed by atoms with Crippen LogP contribution in [0.4, 0.5) is 5.69 Å². The lowest BCUT2D eigenvalue weighted by molar-refractivity contribution is -0.385. The SMILES string of the molecule is CCOc1cc(/C=N\N2C(=O)CSC2=S)ccc1Oc1ccc([N+](=O)[O-])cn1. The van der Waals surface area contributed by atoms with Crippen molar-refractivity contribution < 1.29 is 19.2 Å². The van der Waals surface area contributed by atoms with Crippen molar-refractivity contribution in [3.05, 3.63) is 52.2 Å². The molecular formula is C17H14N4O5S2. The minimum Gasteiger partial charge on any atom is -0.490 e. The van der Waals surface area contributed by atoms with Crippen molar-refractivity contribution in [2.75, 3.05) is 12.4 Å². The largest absolute Gasteiger partial charge is 0.490 e. The average molecular weight is 418 g/mol. The summed E-state index contributed by atoms with van der Waals surface area (Å²) in [6, 6.07) is 7.79. The van der Waals surface area contributed by atoms with E-state index < -0.39 is 4.92 Å². The van der Waals surface area contributed by atoms with E-state index in [4.69, 9.17) is 21.7 Å². The van der Waals surface area contributed by atoms with Gasteiger partial charge in [0.2, 0.25) is 5.88 Å². The van der Waals surface area contributed by atoms with Crippen molar-refractivity contribution in [3.8, 4) is 17.4 Å². The number of hydrazone groups is 1. The standard InChI is InChI=1S/C17H14N4O5S2/c1-2-25-14-7-11(8-19-20-16(22)10-28-17(20)27)3-5-13(14)26-15-6-4-12(9-18-15)21(23)24/h3-9H,2,10H2,1H3/b19-8-. The van der Waals surface area contributed by atoms with E-state index in [1.807, 2.05) is 6.92 Å². The predicted molar refractivity (Wildman–Crippen MR) is 108 cm³/mol. The molecule has 1 aromatic carbocycles. The molecule has 28 heavy (non-hydrogen) atoms. The molecule has 1 amide bonds. The normalized spacial score (nSPS) is 14.0. The van der Waals surface area contributed by atoms with Gasteiger partial charge in [-0.2, -0.15) is 10.1 Å². The summed E-state index contributed by atoms with van der Waals surface area (Å²) in [4.78, 5) is 25.8. The number of carbonyl (C=O) groups is 1. The third-order valence-electron chi connectivity index (χ3n) is 3.46. The fourth-order valence-corrected chi connectivity index (χ4v) is 3.16. The zero-order chi connectivity index (χ0) is 20.1. The highest BCUT2D eigenvalue weighted by Crippen LogP contribution is 2.32. The van der Waals surface area contributed by atoms with Gasteiger partial charge in [-0.25, -0.2) is 4.98 Å². The number of thioether (sulfide) groups is 1. The molecule has 0 aliphatic carbocycles. The molecule has 0 bridgehead atoms. The molecule has 9 nitrogen and oxygen atoms in total. The second-order valence-electron chi connectivity index (χ2n) is 5.36. The number of pyridine rings is 1. The first kappa shape index (κ1) is 19.7. The van der Waals surface area contributed by atoms with Crippen LogP contribution in [-0.4, -0.2) is 43.7 Å². The first-order valence-corrected chi connectivity index (χ1v) is 9.46. The number of carbonyl (C=O) groups excluding carboxylic acids is 1. The van der Waals surface area contributed by atoms with Gasteiger partial charge in [0.1, 0.15) is 6.20 Å². The van der Waals surface area contributed by atoms with Gasteiger partial charge in [0.15, 0.2) is 15.8 Å². The second-order valence-corrected chi connectivity index (χ2v) is 6.97. The third-order valence-corrected chi connectivity index (χ3v) is 4.80. The van der Waals surface area contributed by atoms with Gasteiger partial charge in [0.05, 0.1) is 23.5 Å².